The third-order valence-corrected chi connectivity index (χ3v) is 5.42. The Kier molecular flexibility index (Phi) is 6.91. The highest BCUT2D eigenvalue weighted by Gasteiger charge is 2.30. The first kappa shape index (κ1) is 25.1. The fourth-order valence-corrected chi connectivity index (χ4v) is 3.72. The predicted molar refractivity (Wildman–Crippen MR) is 131 cm³/mol. The minimum atomic E-state index is -4.63. The molecule has 0 bridgehead atoms. The van der Waals surface area contributed by atoms with Crippen molar-refractivity contribution in [3.63, 3.8) is 0 Å². The van der Waals surface area contributed by atoms with Crippen molar-refractivity contribution in [2.24, 2.45) is 0 Å². The molecule has 0 unspecified atom stereocenters. The number of carbonyl (C=O) groups is 3. The van der Waals surface area contributed by atoms with Crippen molar-refractivity contribution in [3.8, 4) is 0 Å². The molecule has 0 aliphatic rings. The Labute approximate surface area is 211 Å². The normalized spacial score (nSPS) is 11.2. The number of alkyl halides is 3. The smallest absolute Gasteiger partial charge is 0.321 e. The highest BCUT2D eigenvalue weighted by molar-refractivity contribution is 6.42. The van der Waals surface area contributed by atoms with Gasteiger partial charge in [-0.1, -0.05) is 35.3 Å². The molecule has 3 amide bonds. The molecule has 0 saturated carbocycles. The Morgan fingerprint density at radius 2 is 1.42 bits per heavy atom. The summed E-state index contributed by atoms with van der Waals surface area (Å²) in [5, 5.41) is 6.00. The van der Waals surface area contributed by atoms with Crippen LogP contribution in [0.2, 0.25) is 10.0 Å². The molecule has 12 heteroatoms. The van der Waals surface area contributed by atoms with Gasteiger partial charge >= 0.3 is 18.0 Å². The minimum absolute atomic E-state index is 0.0486. The number of benzene rings is 3. The second-order valence-corrected chi connectivity index (χ2v) is 8.38. The van der Waals surface area contributed by atoms with Crippen LogP contribution < -0.4 is 16.1 Å². The lowest BCUT2D eigenvalue weighted by Gasteiger charge is -2.13. The lowest BCUT2D eigenvalue weighted by molar-refractivity contribution is -0.137. The Balaban J connectivity index is 1.60. The van der Waals surface area contributed by atoms with Gasteiger partial charge in [-0.15, -0.1) is 0 Å². The van der Waals surface area contributed by atoms with Crippen LogP contribution in [0.4, 0.5) is 24.5 Å². The number of hydrogen-bond acceptors (Lipinski definition) is 3. The second-order valence-electron chi connectivity index (χ2n) is 7.51. The van der Waals surface area contributed by atoms with E-state index in [1.54, 1.807) is 24.3 Å². The van der Waals surface area contributed by atoms with Crippen LogP contribution in [-0.2, 0) is 15.8 Å². The average Bonchev–Trinajstić information content (AvgIpc) is 3.16. The number of amides is 3. The van der Waals surface area contributed by atoms with Gasteiger partial charge in [0.2, 0.25) is 0 Å². The number of fused-ring (bicyclic) bond motifs is 1. The molecule has 3 N–H and O–H groups in total. The molecule has 1 aromatic heterocycles. The standard InChI is InChI=1S/C24H15Cl2F3N4O3/c25-15-4-2-6-18(12-15)30-21(34)20-10-13-9-16(26)7-8-19(13)33(20)32-23(36)22(35)31-17-5-1-3-14(11-17)24(27,28)29/h1-12H,(H,30,34)(H,31,35)(H,32,36). The molecule has 1 heterocycles. The molecule has 36 heavy (non-hydrogen) atoms. The summed E-state index contributed by atoms with van der Waals surface area (Å²) in [6.45, 7) is 0. The van der Waals surface area contributed by atoms with Gasteiger partial charge in [-0.2, -0.15) is 13.2 Å². The maximum absolute atomic E-state index is 13.0. The Hall–Kier alpha value is -4.02. The van der Waals surface area contributed by atoms with Crippen molar-refractivity contribution in [1.82, 2.24) is 4.68 Å². The molecule has 0 aliphatic heterocycles. The van der Waals surface area contributed by atoms with Crippen LogP contribution >= 0.6 is 23.2 Å². The molecule has 0 atom stereocenters. The molecule has 3 aromatic carbocycles. The van der Waals surface area contributed by atoms with Crippen LogP contribution in [0.15, 0.2) is 72.8 Å². The van der Waals surface area contributed by atoms with E-state index >= 15 is 0 Å². The summed E-state index contributed by atoms with van der Waals surface area (Å²) in [6.07, 6.45) is -4.63. The van der Waals surface area contributed by atoms with Gasteiger partial charge in [0.25, 0.3) is 5.91 Å². The summed E-state index contributed by atoms with van der Waals surface area (Å²) < 4.78 is 39.9. The zero-order chi connectivity index (χ0) is 26.0. The second kappa shape index (κ2) is 9.92. The van der Waals surface area contributed by atoms with E-state index in [1.807, 2.05) is 0 Å². The first-order valence-electron chi connectivity index (χ1n) is 10.2. The number of nitrogens with one attached hydrogen (secondary N) is 3. The number of rotatable bonds is 4. The number of hydrogen-bond donors (Lipinski definition) is 3. The van der Waals surface area contributed by atoms with Crippen LogP contribution in [0.25, 0.3) is 10.9 Å². The van der Waals surface area contributed by atoms with Gasteiger partial charge in [0.1, 0.15) is 5.69 Å². The number of halogens is 5. The van der Waals surface area contributed by atoms with E-state index in [9.17, 15) is 27.6 Å². The monoisotopic (exact) mass is 534 g/mol. The Bertz CT molecular complexity index is 1500. The molecule has 4 rings (SSSR count). The van der Waals surface area contributed by atoms with Gasteiger partial charge in [0.05, 0.1) is 11.1 Å². The third kappa shape index (κ3) is 5.61. The first-order chi connectivity index (χ1) is 17.0. The van der Waals surface area contributed by atoms with Crippen molar-refractivity contribution in [2.45, 2.75) is 6.18 Å². The Morgan fingerprint density at radius 3 is 2.11 bits per heavy atom. The van der Waals surface area contributed by atoms with Crippen molar-refractivity contribution in [2.75, 3.05) is 16.1 Å². The lowest BCUT2D eigenvalue weighted by atomic mass is 10.2. The molecular formula is C24H15Cl2F3N4O3. The van der Waals surface area contributed by atoms with Gasteiger partial charge in [-0.3, -0.25) is 19.8 Å². The van der Waals surface area contributed by atoms with E-state index in [1.165, 1.54) is 30.3 Å². The van der Waals surface area contributed by atoms with Gasteiger partial charge in [0.15, 0.2) is 0 Å². The fourth-order valence-electron chi connectivity index (χ4n) is 3.35. The van der Waals surface area contributed by atoms with Gasteiger partial charge in [-0.05, 0) is 60.7 Å². The van der Waals surface area contributed by atoms with Crippen molar-refractivity contribution < 1.29 is 27.6 Å². The zero-order valence-electron chi connectivity index (χ0n) is 18.0. The summed E-state index contributed by atoms with van der Waals surface area (Å²) in [6, 6.07) is 16.3. The molecule has 4 aromatic rings. The van der Waals surface area contributed by atoms with Crippen LogP contribution in [0.3, 0.4) is 0 Å². The van der Waals surface area contributed by atoms with E-state index in [0.717, 1.165) is 16.8 Å². The number of anilines is 2. The summed E-state index contributed by atoms with van der Waals surface area (Å²) in [5.41, 5.74) is 1.77. The average molecular weight is 535 g/mol. The quantitative estimate of drug-likeness (QED) is 0.283. The molecule has 184 valence electrons. The summed E-state index contributed by atoms with van der Waals surface area (Å²) >= 11 is 12.0. The van der Waals surface area contributed by atoms with Crippen LogP contribution in [-0.4, -0.2) is 22.4 Å². The van der Waals surface area contributed by atoms with Crippen LogP contribution in [0.5, 0.6) is 0 Å². The molecular weight excluding hydrogens is 520 g/mol. The molecule has 7 nitrogen and oxygen atoms in total. The molecule has 0 saturated heterocycles. The number of aromatic nitrogens is 1. The highest BCUT2D eigenvalue weighted by atomic mass is 35.5. The number of carbonyl (C=O) groups excluding carboxylic acids is 3. The maximum Gasteiger partial charge on any atom is 0.416 e. The Morgan fingerprint density at radius 1 is 0.750 bits per heavy atom. The topological polar surface area (TPSA) is 92.2 Å². The third-order valence-electron chi connectivity index (χ3n) is 4.95. The molecule has 0 radical (unpaired) electrons. The SMILES string of the molecule is O=C(Nc1cccc(C(F)(F)F)c1)C(=O)Nn1c(C(=O)Nc2cccc(Cl)c2)cc2cc(Cl)ccc21. The van der Waals surface area contributed by atoms with E-state index in [-0.39, 0.29) is 11.4 Å². The molecule has 0 spiro atoms. The first-order valence-corrected chi connectivity index (χ1v) is 10.9. The van der Waals surface area contributed by atoms with Gasteiger partial charge in [0, 0.05) is 26.8 Å². The van der Waals surface area contributed by atoms with E-state index < -0.39 is 29.5 Å². The lowest BCUT2D eigenvalue weighted by Crippen LogP contribution is -2.36. The maximum atomic E-state index is 13.0. The summed E-state index contributed by atoms with van der Waals surface area (Å²) in [4.78, 5) is 38.1. The predicted octanol–water partition coefficient (Wildman–Crippen LogP) is 5.93. The highest BCUT2D eigenvalue weighted by Crippen LogP contribution is 2.30. The van der Waals surface area contributed by atoms with Crippen LogP contribution in [0, 0.1) is 0 Å². The fraction of sp³-hybridized carbons (Fsp3) is 0.0417. The van der Waals surface area contributed by atoms with Crippen molar-refractivity contribution >= 4 is 63.2 Å². The van der Waals surface area contributed by atoms with E-state index in [4.69, 9.17) is 23.2 Å². The number of nitrogens with zero attached hydrogens (tertiary/aromatic N) is 1. The summed E-state index contributed by atoms with van der Waals surface area (Å²) in [7, 11) is 0. The van der Waals surface area contributed by atoms with Crippen LogP contribution in [0.1, 0.15) is 16.1 Å². The minimum Gasteiger partial charge on any atom is -0.321 e. The van der Waals surface area contributed by atoms with Crippen molar-refractivity contribution in [1.29, 1.82) is 0 Å². The van der Waals surface area contributed by atoms with Gasteiger partial charge in [-0.25, -0.2) is 4.68 Å². The molecule has 0 fully saturated rings. The summed E-state index contributed by atoms with van der Waals surface area (Å²) in [5.74, 6) is -3.11. The van der Waals surface area contributed by atoms with E-state index in [2.05, 4.69) is 16.1 Å². The zero-order valence-corrected chi connectivity index (χ0v) is 19.5. The largest absolute Gasteiger partial charge is 0.416 e. The van der Waals surface area contributed by atoms with Gasteiger partial charge < -0.3 is 10.6 Å². The van der Waals surface area contributed by atoms with E-state index in [0.29, 0.717) is 32.7 Å². The van der Waals surface area contributed by atoms with Crippen molar-refractivity contribution in [3.05, 3.63) is 94.1 Å². The molecule has 0 aliphatic carbocycles.